The summed E-state index contributed by atoms with van der Waals surface area (Å²) in [5, 5.41) is 12.0. The number of benzene rings is 1. The summed E-state index contributed by atoms with van der Waals surface area (Å²) >= 11 is 0.682. The fraction of sp³-hybridized carbons (Fsp3) is 0.172. The van der Waals surface area contributed by atoms with Crippen molar-refractivity contribution in [1.82, 2.24) is 29.5 Å². The summed E-state index contributed by atoms with van der Waals surface area (Å²) in [4.78, 5) is 34.9. The van der Waals surface area contributed by atoms with Crippen molar-refractivity contribution in [2.75, 3.05) is 5.32 Å². The Morgan fingerprint density at radius 1 is 1.09 bits per heavy atom. The van der Waals surface area contributed by atoms with Gasteiger partial charge in [0.2, 0.25) is 0 Å². The number of para-hydroxylation sites is 1. The number of alkyl halides is 3. The second-order valence-corrected chi connectivity index (χ2v) is 10.8. The molecule has 0 fully saturated rings. The van der Waals surface area contributed by atoms with Gasteiger partial charge in [-0.3, -0.25) is 19.0 Å². The van der Waals surface area contributed by atoms with Gasteiger partial charge < -0.3 is 11.1 Å². The van der Waals surface area contributed by atoms with Crippen LogP contribution in [0, 0.1) is 6.92 Å². The maximum Gasteiger partial charge on any atom is 0.433 e. The summed E-state index contributed by atoms with van der Waals surface area (Å²) in [6.07, 6.45) is 0.223. The minimum Gasteiger partial charge on any atom is -0.365 e. The van der Waals surface area contributed by atoms with Gasteiger partial charge in [0.25, 0.3) is 11.8 Å². The molecule has 0 aliphatic heterocycles. The summed E-state index contributed by atoms with van der Waals surface area (Å²) in [6.45, 7) is 4.00. The smallest absolute Gasteiger partial charge is 0.365 e. The first-order valence-corrected chi connectivity index (χ1v) is 13.8. The minimum atomic E-state index is -4.77. The quantitative estimate of drug-likeness (QED) is 0.247. The molecule has 0 saturated heterocycles. The third-order valence-corrected chi connectivity index (χ3v) is 8.03. The molecule has 5 heterocycles. The fourth-order valence-corrected chi connectivity index (χ4v) is 5.95. The van der Waals surface area contributed by atoms with Gasteiger partial charge in [0, 0.05) is 47.9 Å². The van der Waals surface area contributed by atoms with Crippen LogP contribution in [0.2, 0.25) is 0 Å². The van der Waals surface area contributed by atoms with Crippen LogP contribution >= 0.6 is 11.3 Å². The van der Waals surface area contributed by atoms with Crippen LogP contribution in [0.15, 0.2) is 55.0 Å². The molecule has 0 aliphatic rings. The van der Waals surface area contributed by atoms with Crippen molar-refractivity contribution >= 4 is 50.0 Å². The normalized spacial score (nSPS) is 11.9. The number of hydrogen-bond donors (Lipinski definition) is 2. The molecule has 0 bridgehead atoms. The highest BCUT2D eigenvalue weighted by molar-refractivity contribution is 7.21. The van der Waals surface area contributed by atoms with E-state index in [2.05, 4.69) is 25.5 Å². The van der Waals surface area contributed by atoms with Crippen LogP contribution in [0.1, 0.15) is 38.3 Å². The van der Waals surface area contributed by atoms with Gasteiger partial charge in [-0.2, -0.15) is 23.4 Å². The molecule has 3 N–H and O–H groups in total. The van der Waals surface area contributed by atoms with E-state index in [1.807, 2.05) is 6.92 Å². The molecule has 10 nitrogen and oxygen atoms in total. The zero-order valence-electron chi connectivity index (χ0n) is 23.0. The first-order chi connectivity index (χ1) is 20.4. The molecule has 0 radical (unpaired) electrons. The topological polar surface area (TPSA) is 134 Å². The molecule has 218 valence electrons. The Labute approximate surface area is 246 Å². The average Bonchev–Trinajstić information content (AvgIpc) is 3.68. The van der Waals surface area contributed by atoms with Gasteiger partial charge in [-0.1, -0.05) is 18.2 Å². The number of halogens is 3. The predicted molar refractivity (Wildman–Crippen MR) is 157 cm³/mol. The van der Waals surface area contributed by atoms with E-state index in [1.54, 1.807) is 72.3 Å². The van der Waals surface area contributed by atoms with Gasteiger partial charge in [0.15, 0.2) is 0 Å². The number of thiophene rings is 1. The lowest BCUT2D eigenvalue weighted by atomic mass is 10.0. The highest BCUT2D eigenvalue weighted by atomic mass is 32.1. The number of fused-ring (bicyclic) bond motifs is 2. The van der Waals surface area contributed by atoms with Crippen LogP contribution in [0.25, 0.3) is 43.5 Å². The summed E-state index contributed by atoms with van der Waals surface area (Å²) in [7, 11) is 1.76. The molecule has 0 atom stereocenters. The Bertz CT molecular complexity index is 2080. The molecule has 14 heteroatoms. The molecular weight excluding hydrogens is 581 g/mol. The number of pyridine rings is 2. The predicted octanol–water partition coefficient (Wildman–Crippen LogP) is 5.81. The number of aryl methyl sites for hydroxylation is 3. The third-order valence-electron chi connectivity index (χ3n) is 6.94. The Morgan fingerprint density at radius 2 is 1.86 bits per heavy atom. The largest absolute Gasteiger partial charge is 0.433 e. The van der Waals surface area contributed by atoms with Crippen molar-refractivity contribution in [1.29, 1.82) is 0 Å². The van der Waals surface area contributed by atoms with E-state index in [1.165, 1.54) is 0 Å². The number of nitrogens with zero attached hydrogens (tertiary/aromatic N) is 6. The molecule has 0 spiro atoms. The monoisotopic (exact) mass is 604 g/mol. The molecule has 2 amide bonds. The molecule has 0 saturated carbocycles. The van der Waals surface area contributed by atoms with Crippen LogP contribution in [-0.4, -0.2) is 41.3 Å². The summed E-state index contributed by atoms with van der Waals surface area (Å²) in [5.74, 6) is -1.54. The number of anilines is 1. The Kier molecular flexibility index (Phi) is 6.72. The maximum absolute atomic E-state index is 14.0. The van der Waals surface area contributed by atoms with E-state index in [9.17, 15) is 22.8 Å². The van der Waals surface area contributed by atoms with Crippen molar-refractivity contribution in [2.45, 2.75) is 26.6 Å². The lowest BCUT2D eigenvalue weighted by Gasteiger charge is -2.13. The zero-order valence-corrected chi connectivity index (χ0v) is 23.8. The molecule has 6 aromatic rings. The van der Waals surface area contributed by atoms with Crippen LogP contribution in [0.3, 0.4) is 0 Å². The number of nitrogens with two attached hydrogens (primary N) is 1. The first-order valence-electron chi connectivity index (χ1n) is 13.0. The van der Waals surface area contributed by atoms with Crippen LogP contribution in [-0.2, 0) is 19.8 Å². The SMILES string of the molecule is CCn1cc(-c2cc(C(F)(F)F)nc3sc(C(N)=O)c(NC(=O)c4cc(-c5cnn(C)c5)nc5ccccc45)c23)c(C)n1. The minimum absolute atomic E-state index is 0.0267. The molecule has 1 aromatic carbocycles. The molecule has 0 aliphatic carbocycles. The van der Waals surface area contributed by atoms with Gasteiger partial charge in [-0.25, -0.2) is 9.97 Å². The van der Waals surface area contributed by atoms with Crippen molar-refractivity contribution in [3.63, 3.8) is 0 Å². The molecule has 43 heavy (non-hydrogen) atoms. The third kappa shape index (κ3) is 4.99. The summed E-state index contributed by atoms with van der Waals surface area (Å²) in [6, 6.07) is 9.54. The van der Waals surface area contributed by atoms with Gasteiger partial charge in [-0.05, 0) is 37.6 Å². The highest BCUT2D eigenvalue weighted by Crippen LogP contribution is 2.44. The van der Waals surface area contributed by atoms with Crippen molar-refractivity contribution in [3.8, 4) is 22.4 Å². The van der Waals surface area contributed by atoms with Crippen molar-refractivity contribution in [2.24, 2.45) is 12.8 Å². The Balaban J connectivity index is 1.58. The second-order valence-electron chi connectivity index (χ2n) is 9.82. The first kappa shape index (κ1) is 28.0. The lowest BCUT2D eigenvalue weighted by Crippen LogP contribution is -2.17. The summed E-state index contributed by atoms with van der Waals surface area (Å²) < 4.78 is 45.1. The Morgan fingerprint density at radius 3 is 2.51 bits per heavy atom. The van der Waals surface area contributed by atoms with Gasteiger partial charge in [0.1, 0.15) is 15.4 Å². The average molecular weight is 605 g/mol. The van der Waals surface area contributed by atoms with E-state index >= 15 is 0 Å². The number of hydrogen-bond acceptors (Lipinski definition) is 7. The standard InChI is InChI=1S/C29H23F3N8O2S/c1-4-40-13-19(14(2)38-40)17-10-22(29(30,31)32)36-28-23(17)24(25(43-28)26(33)41)37-27(42)18-9-21(15-11-34-39(3)12-15)35-20-8-6-5-7-16(18)20/h5-13H,4H2,1-3H3,(H2,33,41)(H,37,42). The number of carbonyl (C=O) groups excluding carboxylic acids is 2. The van der Waals surface area contributed by atoms with E-state index in [-0.39, 0.29) is 31.9 Å². The number of carbonyl (C=O) groups is 2. The number of rotatable bonds is 6. The number of nitrogens with one attached hydrogen (secondary N) is 1. The molecular formula is C29H23F3N8O2S. The van der Waals surface area contributed by atoms with E-state index in [0.29, 0.717) is 51.3 Å². The van der Waals surface area contributed by atoms with Crippen molar-refractivity contribution < 1.29 is 22.8 Å². The van der Waals surface area contributed by atoms with E-state index in [4.69, 9.17) is 5.73 Å². The number of aromatic nitrogens is 6. The van der Waals surface area contributed by atoms with Gasteiger partial charge in [-0.15, -0.1) is 11.3 Å². The Hall–Kier alpha value is -5.11. The number of primary amides is 1. The number of amides is 2. The van der Waals surface area contributed by atoms with Gasteiger partial charge >= 0.3 is 6.18 Å². The molecule has 5 aromatic heterocycles. The summed E-state index contributed by atoms with van der Waals surface area (Å²) in [5.41, 5.74) is 7.44. The van der Waals surface area contributed by atoms with Crippen LogP contribution < -0.4 is 11.1 Å². The maximum atomic E-state index is 14.0. The van der Waals surface area contributed by atoms with E-state index in [0.717, 1.165) is 6.07 Å². The second kappa shape index (κ2) is 10.3. The molecule has 0 unspecified atom stereocenters. The van der Waals surface area contributed by atoms with Gasteiger partial charge in [0.05, 0.1) is 34.4 Å². The van der Waals surface area contributed by atoms with E-state index < -0.39 is 23.7 Å². The van der Waals surface area contributed by atoms with Crippen LogP contribution in [0.5, 0.6) is 0 Å². The zero-order chi connectivity index (χ0) is 30.6. The van der Waals surface area contributed by atoms with Crippen molar-refractivity contribution in [3.05, 3.63) is 76.8 Å². The fourth-order valence-electron chi connectivity index (χ4n) is 4.94. The lowest BCUT2D eigenvalue weighted by molar-refractivity contribution is -0.140. The van der Waals surface area contributed by atoms with Crippen LogP contribution in [0.4, 0.5) is 18.9 Å². The molecule has 6 rings (SSSR count). The highest BCUT2D eigenvalue weighted by Gasteiger charge is 2.35.